The summed E-state index contributed by atoms with van der Waals surface area (Å²) in [5.41, 5.74) is 9.30. The van der Waals surface area contributed by atoms with Crippen LogP contribution in [-0.2, 0) is 12.8 Å². The fourth-order valence-corrected chi connectivity index (χ4v) is 5.00. The van der Waals surface area contributed by atoms with Crippen LogP contribution in [0.3, 0.4) is 0 Å². The molecule has 0 bridgehead atoms. The fourth-order valence-electron chi connectivity index (χ4n) is 5.00. The number of ether oxygens (including phenoxy) is 2. The maximum Gasteiger partial charge on any atom is 0.130 e. The first-order chi connectivity index (χ1) is 13.7. The highest BCUT2D eigenvalue weighted by molar-refractivity contribution is 5.93. The first-order valence-electron chi connectivity index (χ1n) is 9.88. The number of methoxy groups -OCH3 is 2. The average Bonchev–Trinajstić information content (AvgIpc) is 2.75. The predicted molar refractivity (Wildman–Crippen MR) is 113 cm³/mol. The van der Waals surface area contributed by atoms with E-state index in [9.17, 15) is 0 Å². The Hall–Kier alpha value is -2.78. The van der Waals surface area contributed by atoms with E-state index in [0.717, 1.165) is 36.4 Å². The summed E-state index contributed by atoms with van der Waals surface area (Å²) in [7, 11) is 5.70. The second-order valence-corrected chi connectivity index (χ2v) is 7.71. The minimum Gasteiger partial charge on any atom is -0.496 e. The van der Waals surface area contributed by atoms with Crippen molar-refractivity contribution in [3.63, 3.8) is 0 Å². The summed E-state index contributed by atoms with van der Waals surface area (Å²) in [5.74, 6) is 1.69. The number of likely N-dealkylation sites (N-methyl/N-ethyl adjacent to an activating group) is 1. The third-order valence-corrected chi connectivity index (χ3v) is 6.33. The molecule has 5 rings (SSSR count). The van der Waals surface area contributed by atoms with Crippen LogP contribution in [0.15, 0.2) is 54.6 Å². The van der Waals surface area contributed by atoms with Gasteiger partial charge in [-0.25, -0.2) is 0 Å². The van der Waals surface area contributed by atoms with Crippen LogP contribution in [0.25, 0.3) is 22.3 Å². The average molecular weight is 371 g/mol. The molecule has 3 heteroatoms. The van der Waals surface area contributed by atoms with Crippen LogP contribution < -0.4 is 9.47 Å². The third-order valence-electron chi connectivity index (χ3n) is 6.33. The minimum absolute atomic E-state index is 0.460. The van der Waals surface area contributed by atoms with Crippen molar-refractivity contribution in [3.05, 3.63) is 71.3 Å². The Bertz CT molecular complexity index is 1030. The van der Waals surface area contributed by atoms with Gasteiger partial charge in [-0.15, -0.1) is 0 Å². The second kappa shape index (κ2) is 6.68. The van der Waals surface area contributed by atoms with Crippen molar-refractivity contribution in [3.8, 4) is 33.8 Å². The first-order valence-corrected chi connectivity index (χ1v) is 9.88. The zero-order valence-electron chi connectivity index (χ0n) is 16.7. The number of nitrogens with zero attached hydrogens (tertiary/aromatic N) is 1. The number of benzene rings is 3. The predicted octanol–water partition coefficient (Wildman–Crippen LogP) is 5.12. The van der Waals surface area contributed by atoms with Gasteiger partial charge in [-0.2, -0.15) is 0 Å². The van der Waals surface area contributed by atoms with Gasteiger partial charge in [-0.3, -0.25) is 4.90 Å². The molecule has 1 heterocycles. The Balaban J connectivity index is 1.82. The molecule has 0 unspecified atom stereocenters. The molecule has 0 fully saturated rings. The number of hydrogen-bond donors (Lipinski definition) is 0. The summed E-state index contributed by atoms with van der Waals surface area (Å²) < 4.78 is 11.5. The van der Waals surface area contributed by atoms with Gasteiger partial charge in [0.25, 0.3) is 0 Å². The molecule has 1 aliphatic heterocycles. The van der Waals surface area contributed by atoms with Crippen LogP contribution >= 0.6 is 0 Å². The van der Waals surface area contributed by atoms with E-state index in [-0.39, 0.29) is 0 Å². The number of rotatable bonds is 3. The van der Waals surface area contributed by atoms with Crippen molar-refractivity contribution >= 4 is 0 Å². The molecule has 0 amide bonds. The topological polar surface area (TPSA) is 21.7 Å². The maximum atomic E-state index is 5.73. The van der Waals surface area contributed by atoms with Crippen LogP contribution in [0.1, 0.15) is 22.7 Å². The van der Waals surface area contributed by atoms with E-state index in [2.05, 4.69) is 48.3 Å². The Morgan fingerprint density at radius 2 is 1.43 bits per heavy atom. The first kappa shape index (κ1) is 17.3. The van der Waals surface area contributed by atoms with E-state index in [1.165, 1.54) is 33.4 Å². The third kappa shape index (κ3) is 2.46. The molecule has 28 heavy (non-hydrogen) atoms. The molecule has 0 saturated carbocycles. The maximum absolute atomic E-state index is 5.73. The summed E-state index contributed by atoms with van der Waals surface area (Å²) >= 11 is 0. The van der Waals surface area contributed by atoms with E-state index < -0.39 is 0 Å². The second-order valence-electron chi connectivity index (χ2n) is 7.71. The lowest BCUT2D eigenvalue weighted by Gasteiger charge is -2.40. The molecule has 142 valence electrons. The minimum atomic E-state index is 0.460. The highest BCUT2D eigenvalue weighted by Gasteiger charge is 2.34. The highest BCUT2D eigenvalue weighted by atomic mass is 16.5. The van der Waals surface area contributed by atoms with E-state index in [0.29, 0.717) is 6.04 Å². The molecule has 0 aromatic heterocycles. The Morgan fingerprint density at radius 3 is 2.14 bits per heavy atom. The van der Waals surface area contributed by atoms with Gasteiger partial charge >= 0.3 is 0 Å². The van der Waals surface area contributed by atoms with Crippen LogP contribution in [-0.4, -0.2) is 32.7 Å². The molecule has 0 spiro atoms. The van der Waals surface area contributed by atoms with E-state index in [1.54, 1.807) is 14.2 Å². The molecular formula is C25H25NO2. The van der Waals surface area contributed by atoms with Gasteiger partial charge in [0.1, 0.15) is 11.5 Å². The summed E-state index contributed by atoms with van der Waals surface area (Å²) in [6.07, 6.45) is 2.16. The molecule has 1 atom stereocenters. The fraction of sp³-hybridized carbons (Fsp3) is 0.280. The van der Waals surface area contributed by atoms with Crippen molar-refractivity contribution in [2.45, 2.75) is 18.9 Å². The van der Waals surface area contributed by atoms with Gasteiger partial charge < -0.3 is 9.47 Å². The molecule has 1 aliphatic carbocycles. The summed E-state index contributed by atoms with van der Waals surface area (Å²) in [5, 5.41) is 0. The van der Waals surface area contributed by atoms with Crippen molar-refractivity contribution in [1.82, 2.24) is 4.90 Å². The van der Waals surface area contributed by atoms with Crippen molar-refractivity contribution in [2.75, 3.05) is 27.8 Å². The molecule has 0 saturated heterocycles. The van der Waals surface area contributed by atoms with Crippen molar-refractivity contribution in [1.29, 1.82) is 0 Å². The summed E-state index contributed by atoms with van der Waals surface area (Å²) in [6.45, 7) is 1.12. The van der Waals surface area contributed by atoms with Gasteiger partial charge in [-0.1, -0.05) is 42.5 Å². The van der Waals surface area contributed by atoms with Crippen LogP contribution in [0.5, 0.6) is 11.5 Å². The van der Waals surface area contributed by atoms with Crippen LogP contribution in [0.4, 0.5) is 0 Å². The number of hydrogen-bond acceptors (Lipinski definition) is 3. The summed E-state index contributed by atoms with van der Waals surface area (Å²) in [6, 6.07) is 19.9. The largest absolute Gasteiger partial charge is 0.496 e. The van der Waals surface area contributed by atoms with Gasteiger partial charge in [0.05, 0.1) is 19.8 Å². The Labute approximate surface area is 166 Å². The van der Waals surface area contributed by atoms with Gasteiger partial charge in [-0.05, 0) is 65.4 Å². The summed E-state index contributed by atoms with van der Waals surface area (Å²) in [4.78, 5) is 2.51. The van der Waals surface area contributed by atoms with Crippen molar-refractivity contribution in [2.24, 2.45) is 0 Å². The SMILES string of the molecule is COc1cccc(OC)c1-c1cccc2c1-c1cccc3c1[C@@H](C2)N(C)CC3. The normalized spacial score (nSPS) is 17.6. The van der Waals surface area contributed by atoms with E-state index in [4.69, 9.17) is 9.47 Å². The van der Waals surface area contributed by atoms with Crippen molar-refractivity contribution < 1.29 is 9.47 Å². The lowest BCUT2D eigenvalue weighted by Crippen LogP contribution is -2.35. The lowest BCUT2D eigenvalue weighted by molar-refractivity contribution is 0.228. The standard InChI is InChI=1S/C25H25NO2/c1-26-14-13-16-7-4-9-18-23-17(15-20(26)24(16)18)8-5-10-19(23)25-21(27-2)11-6-12-22(25)28-3/h4-12,20H,13-15H2,1-3H3/t20-/m1/s1. The van der Waals surface area contributed by atoms with Crippen LogP contribution in [0.2, 0.25) is 0 Å². The molecule has 0 N–H and O–H groups in total. The molecular weight excluding hydrogens is 346 g/mol. The van der Waals surface area contributed by atoms with Gasteiger partial charge in [0.15, 0.2) is 0 Å². The molecule has 3 aromatic carbocycles. The van der Waals surface area contributed by atoms with E-state index >= 15 is 0 Å². The molecule has 3 aromatic rings. The lowest BCUT2D eigenvalue weighted by atomic mass is 9.75. The molecule has 2 aliphatic rings. The zero-order chi connectivity index (χ0) is 19.3. The highest BCUT2D eigenvalue weighted by Crippen LogP contribution is 2.50. The zero-order valence-corrected chi connectivity index (χ0v) is 16.7. The van der Waals surface area contributed by atoms with Crippen LogP contribution in [0, 0.1) is 0 Å². The monoisotopic (exact) mass is 371 g/mol. The van der Waals surface area contributed by atoms with E-state index in [1.807, 2.05) is 18.2 Å². The number of fused-ring (bicyclic) bond motifs is 2. The molecule has 0 radical (unpaired) electrons. The quantitative estimate of drug-likeness (QED) is 0.638. The van der Waals surface area contributed by atoms with Gasteiger partial charge in [0, 0.05) is 12.6 Å². The molecule has 3 nitrogen and oxygen atoms in total. The smallest absolute Gasteiger partial charge is 0.130 e. The van der Waals surface area contributed by atoms with Gasteiger partial charge in [0.2, 0.25) is 0 Å². The Morgan fingerprint density at radius 1 is 0.786 bits per heavy atom. The Kier molecular flexibility index (Phi) is 4.13.